The van der Waals surface area contributed by atoms with Crippen LogP contribution in [0.4, 0.5) is 11.4 Å². The molecule has 1 aromatic carbocycles. The van der Waals surface area contributed by atoms with Gasteiger partial charge in [-0.25, -0.2) is 0 Å². The minimum Gasteiger partial charge on any atom is -0.399 e. The highest BCUT2D eigenvalue weighted by Gasteiger charge is 2.33. The molecule has 0 radical (unpaired) electrons. The number of nitrogens with zero attached hydrogens (tertiary/aromatic N) is 2. The van der Waals surface area contributed by atoms with Crippen molar-refractivity contribution in [2.75, 3.05) is 23.4 Å². The molecule has 0 amide bonds. The van der Waals surface area contributed by atoms with Gasteiger partial charge < -0.3 is 10.6 Å². The molecule has 5 heteroatoms. The Balaban J connectivity index is 1.91. The van der Waals surface area contributed by atoms with Crippen molar-refractivity contribution in [1.82, 2.24) is 0 Å². The second kappa shape index (κ2) is 4.14. The van der Waals surface area contributed by atoms with Gasteiger partial charge in [-0.15, -0.1) is 11.8 Å². The van der Waals surface area contributed by atoms with Gasteiger partial charge in [0, 0.05) is 23.4 Å². The number of benzene rings is 1. The average Bonchev–Trinajstić information content (AvgIpc) is 2.83. The number of nitrogens with two attached hydrogens (primary N) is 1. The summed E-state index contributed by atoms with van der Waals surface area (Å²) in [7, 11) is 2.13. The molecule has 0 fully saturated rings. The first-order chi connectivity index (χ1) is 8.15. The van der Waals surface area contributed by atoms with Gasteiger partial charge in [0.25, 0.3) is 0 Å². The van der Waals surface area contributed by atoms with Crippen LogP contribution in [0.25, 0.3) is 0 Å². The predicted octanol–water partition coefficient (Wildman–Crippen LogP) is 2.67. The van der Waals surface area contributed by atoms with Crippen LogP contribution in [-0.2, 0) is 0 Å². The average molecular weight is 265 g/mol. The third-order valence-corrected chi connectivity index (χ3v) is 5.75. The van der Waals surface area contributed by atoms with Gasteiger partial charge in [0.2, 0.25) is 0 Å². The highest BCUT2D eigenvalue weighted by Crippen LogP contribution is 2.45. The van der Waals surface area contributed by atoms with Crippen LogP contribution in [-0.4, -0.2) is 29.3 Å². The summed E-state index contributed by atoms with van der Waals surface area (Å²) in [6, 6.07) is 6.57. The fraction of sp³-hybridized carbons (Fsp3) is 0.417. The molecule has 2 aliphatic rings. The summed E-state index contributed by atoms with van der Waals surface area (Å²) in [4.78, 5) is 8.27. The summed E-state index contributed by atoms with van der Waals surface area (Å²) in [6.45, 7) is 2.17. The van der Waals surface area contributed by atoms with Gasteiger partial charge in [-0.3, -0.25) is 4.99 Å². The maximum atomic E-state index is 5.83. The molecule has 2 unspecified atom stereocenters. The smallest absolute Gasteiger partial charge is 0.128 e. The molecule has 17 heavy (non-hydrogen) atoms. The van der Waals surface area contributed by atoms with Crippen molar-refractivity contribution in [3.05, 3.63) is 18.2 Å². The highest BCUT2D eigenvalue weighted by molar-refractivity contribution is 8.16. The van der Waals surface area contributed by atoms with Gasteiger partial charge in [-0.2, -0.15) is 0 Å². The van der Waals surface area contributed by atoms with Gasteiger partial charge in [0.05, 0.1) is 11.7 Å². The van der Waals surface area contributed by atoms with E-state index < -0.39 is 0 Å². The maximum Gasteiger partial charge on any atom is 0.128 e. The molecule has 0 aliphatic carbocycles. The molecule has 3 rings (SSSR count). The van der Waals surface area contributed by atoms with E-state index in [9.17, 15) is 0 Å². The van der Waals surface area contributed by atoms with Crippen molar-refractivity contribution in [3.63, 3.8) is 0 Å². The zero-order chi connectivity index (χ0) is 12.0. The van der Waals surface area contributed by atoms with E-state index in [1.807, 2.05) is 29.6 Å². The summed E-state index contributed by atoms with van der Waals surface area (Å²) in [5, 5.41) is 1.58. The van der Waals surface area contributed by atoms with Crippen LogP contribution in [0.5, 0.6) is 0 Å². The van der Waals surface area contributed by atoms with E-state index in [0.717, 1.165) is 11.4 Å². The van der Waals surface area contributed by atoms with Gasteiger partial charge in [-0.05, 0) is 25.1 Å². The molecule has 2 heterocycles. The molecule has 0 saturated carbocycles. The standard InChI is InChI=1S/C12H15N3S2/c1-7-6-16-11(14-7)12-15(2)9-4-3-8(13)5-10(9)17-12/h3-5,7,12H,6,13H2,1-2H3. The maximum absolute atomic E-state index is 5.83. The first kappa shape index (κ1) is 11.3. The number of nitrogen functional groups attached to an aromatic ring is 1. The fourth-order valence-electron chi connectivity index (χ4n) is 2.09. The minimum absolute atomic E-state index is 0.335. The van der Waals surface area contributed by atoms with Crippen LogP contribution in [0.2, 0.25) is 0 Å². The van der Waals surface area contributed by atoms with Crippen LogP contribution < -0.4 is 10.6 Å². The van der Waals surface area contributed by atoms with E-state index >= 15 is 0 Å². The molecule has 0 spiro atoms. The van der Waals surface area contributed by atoms with Crippen molar-refractivity contribution < 1.29 is 0 Å². The molecule has 1 aromatic rings. The lowest BCUT2D eigenvalue weighted by Gasteiger charge is -2.20. The van der Waals surface area contributed by atoms with Crippen LogP contribution in [0, 0.1) is 0 Å². The Morgan fingerprint density at radius 3 is 3.00 bits per heavy atom. The van der Waals surface area contributed by atoms with Crippen LogP contribution in [0.1, 0.15) is 6.92 Å². The molecular formula is C12H15N3S2. The topological polar surface area (TPSA) is 41.6 Å². The summed E-state index contributed by atoms with van der Waals surface area (Å²) in [5.41, 5.74) is 7.92. The Bertz CT molecular complexity index is 487. The quantitative estimate of drug-likeness (QED) is 0.793. The molecular weight excluding hydrogens is 250 g/mol. The summed E-state index contributed by atoms with van der Waals surface area (Å²) >= 11 is 3.73. The zero-order valence-electron chi connectivity index (χ0n) is 9.88. The SMILES string of the molecule is CC1CSC(C2Sc3cc(N)ccc3N2C)=N1. The van der Waals surface area contributed by atoms with Crippen LogP contribution >= 0.6 is 23.5 Å². The number of thioether (sulfide) groups is 2. The molecule has 2 N–H and O–H groups in total. The van der Waals surface area contributed by atoms with Crippen molar-refractivity contribution in [2.45, 2.75) is 23.2 Å². The molecule has 0 bridgehead atoms. The van der Waals surface area contributed by atoms with Crippen LogP contribution in [0.15, 0.2) is 28.1 Å². The first-order valence-electron chi connectivity index (χ1n) is 5.64. The molecule has 3 nitrogen and oxygen atoms in total. The van der Waals surface area contributed by atoms with Crippen molar-refractivity contribution in [1.29, 1.82) is 0 Å². The number of hydrogen-bond donors (Lipinski definition) is 1. The van der Waals surface area contributed by atoms with E-state index in [-0.39, 0.29) is 0 Å². The Kier molecular flexibility index (Phi) is 2.75. The van der Waals surface area contributed by atoms with E-state index in [1.165, 1.54) is 15.6 Å². The van der Waals surface area contributed by atoms with Gasteiger partial charge in [0.1, 0.15) is 10.4 Å². The second-order valence-corrected chi connectivity index (χ2v) is 6.60. The molecule has 90 valence electrons. The summed E-state index contributed by atoms with van der Waals surface area (Å²) in [5.74, 6) is 1.11. The van der Waals surface area contributed by atoms with Crippen molar-refractivity contribution in [3.8, 4) is 0 Å². The van der Waals surface area contributed by atoms with E-state index in [2.05, 4.69) is 31.0 Å². The lowest BCUT2D eigenvalue weighted by atomic mass is 10.2. The number of rotatable bonds is 1. The van der Waals surface area contributed by atoms with E-state index in [4.69, 9.17) is 10.7 Å². The lowest BCUT2D eigenvalue weighted by molar-refractivity contribution is 0.859. The largest absolute Gasteiger partial charge is 0.399 e. The van der Waals surface area contributed by atoms with Crippen molar-refractivity contribution >= 4 is 39.9 Å². The summed E-state index contributed by atoms with van der Waals surface area (Å²) < 4.78 is 0. The number of fused-ring (bicyclic) bond motifs is 1. The fourth-order valence-corrected chi connectivity index (χ4v) is 4.69. The predicted molar refractivity (Wildman–Crippen MR) is 78.3 cm³/mol. The van der Waals surface area contributed by atoms with Crippen molar-refractivity contribution in [2.24, 2.45) is 4.99 Å². The third kappa shape index (κ3) is 1.91. The third-order valence-electron chi connectivity index (χ3n) is 2.99. The molecule has 2 atom stereocenters. The number of hydrogen-bond acceptors (Lipinski definition) is 5. The number of aliphatic imine (C=N–C) groups is 1. The highest BCUT2D eigenvalue weighted by atomic mass is 32.2. The van der Waals surface area contributed by atoms with Crippen LogP contribution in [0.3, 0.4) is 0 Å². The first-order valence-corrected chi connectivity index (χ1v) is 7.51. The lowest BCUT2D eigenvalue weighted by Crippen LogP contribution is -2.30. The Labute approximate surface area is 110 Å². The number of anilines is 2. The van der Waals surface area contributed by atoms with E-state index in [0.29, 0.717) is 11.4 Å². The summed E-state index contributed by atoms with van der Waals surface area (Å²) in [6.07, 6.45) is 0. The molecule has 0 saturated heterocycles. The Hall–Kier alpha value is -0.810. The normalized spacial score (nSPS) is 27.2. The van der Waals surface area contributed by atoms with E-state index in [1.54, 1.807) is 0 Å². The second-order valence-electron chi connectivity index (χ2n) is 4.44. The monoisotopic (exact) mass is 265 g/mol. The zero-order valence-corrected chi connectivity index (χ0v) is 11.5. The van der Waals surface area contributed by atoms with Gasteiger partial charge >= 0.3 is 0 Å². The Morgan fingerprint density at radius 2 is 2.29 bits per heavy atom. The Morgan fingerprint density at radius 1 is 1.47 bits per heavy atom. The molecule has 2 aliphatic heterocycles. The minimum atomic E-state index is 0.335. The van der Waals surface area contributed by atoms with Gasteiger partial charge in [-0.1, -0.05) is 11.8 Å². The van der Waals surface area contributed by atoms with Gasteiger partial charge in [0.15, 0.2) is 0 Å². The molecule has 0 aromatic heterocycles.